The fourth-order valence-electron chi connectivity index (χ4n) is 2.94. The van der Waals surface area contributed by atoms with Crippen LogP contribution in [-0.2, 0) is 6.54 Å². The van der Waals surface area contributed by atoms with E-state index in [1.165, 1.54) is 11.3 Å². The largest absolute Gasteiger partial charge is 0.378 e. The van der Waals surface area contributed by atoms with E-state index in [0.717, 1.165) is 33.6 Å². The second-order valence-electron chi connectivity index (χ2n) is 7.12. The van der Waals surface area contributed by atoms with Crippen LogP contribution in [0.3, 0.4) is 0 Å². The summed E-state index contributed by atoms with van der Waals surface area (Å²) in [5.41, 5.74) is 5.61. The average Bonchev–Trinajstić information content (AvgIpc) is 3.25. The van der Waals surface area contributed by atoms with Crippen LogP contribution in [0.4, 0.5) is 16.5 Å². The molecular weight excluding hydrogens is 368 g/mol. The molecule has 0 radical (unpaired) electrons. The number of fused-ring (bicyclic) bond motifs is 1. The summed E-state index contributed by atoms with van der Waals surface area (Å²) in [5, 5.41) is 8.88. The number of anilines is 3. The van der Waals surface area contributed by atoms with Crippen LogP contribution in [0.25, 0.3) is 16.2 Å². The van der Waals surface area contributed by atoms with Gasteiger partial charge < -0.3 is 15.1 Å². The molecule has 0 saturated heterocycles. The van der Waals surface area contributed by atoms with E-state index in [1.807, 2.05) is 38.9 Å². The predicted molar refractivity (Wildman–Crippen MR) is 119 cm³/mol. The van der Waals surface area contributed by atoms with E-state index in [-0.39, 0.29) is 0 Å². The summed E-state index contributed by atoms with van der Waals surface area (Å²) in [7, 11) is 8.17. The van der Waals surface area contributed by atoms with Gasteiger partial charge in [0.1, 0.15) is 0 Å². The van der Waals surface area contributed by atoms with Gasteiger partial charge in [-0.25, -0.2) is 9.50 Å². The molecule has 0 unspecified atom stereocenters. The summed E-state index contributed by atoms with van der Waals surface area (Å²) in [6, 6.07) is 16.9. The van der Waals surface area contributed by atoms with E-state index in [2.05, 4.69) is 68.7 Å². The average molecular weight is 393 g/mol. The van der Waals surface area contributed by atoms with Gasteiger partial charge in [-0.15, -0.1) is 5.10 Å². The Labute approximate surface area is 169 Å². The SMILES string of the molecule is CN(C)c1ccc(CNc2nn3cc(-c4cccc(N(C)C)c4)nc3s2)cc1. The highest BCUT2D eigenvalue weighted by Crippen LogP contribution is 2.27. The van der Waals surface area contributed by atoms with Crippen LogP contribution in [0.15, 0.2) is 54.7 Å². The highest BCUT2D eigenvalue weighted by Gasteiger charge is 2.10. The molecule has 7 heteroatoms. The van der Waals surface area contributed by atoms with Crippen molar-refractivity contribution in [3.8, 4) is 11.3 Å². The Hall–Kier alpha value is -3.06. The summed E-state index contributed by atoms with van der Waals surface area (Å²) in [4.78, 5) is 9.82. The van der Waals surface area contributed by atoms with Crippen LogP contribution < -0.4 is 15.1 Å². The van der Waals surface area contributed by atoms with Crippen molar-refractivity contribution >= 4 is 32.8 Å². The Morgan fingerprint density at radius 2 is 1.71 bits per heavy atom. The molecule has 4 rings (SSSR count). The fourth-order valence-corrected chi connectivity index (χ4v) is 3.72. The smallest absolute Gasteiger partial charge is 0.214 e. The second-order valence-corrected chi connectivity index (χ2v) is 8.08. The standard InChI is InChI=1S/C21H24N6S/c1-25(2)17-10-8-15(9-11-17)13-22-20-24-27-14-19(23-21(27)28-20)16-6-5-7-18(12-16)26(3)4/h5-12,14H,13H2,1-4H3,(H,22,24). The van der Waals surface area contributed by atoms with Gasteiger partial charge in [0.25, 0.3) is 0 Å². The molecule has 4 aromatic rings. The normalized spacial score (nSPS) is 11.0. The van der Waals surface area contributed by atoms with E-state index in [0.29, 0.717) is 0 Å². The molecule has 2 aromatic heterocycles. The minimum Gasteiger partial charge on any atom is -0.378 e. The van der Waals surface area contributed by atoms with Gasteiger partial charge in [-0.2, -0.15) is 0 Å². The van der Waals surface area contributed by atoms with Gasteiger partial charge in [-0.3, -0.25) is 0 Å². The van der Waals surface area contributed by atoms with Gasteiger partial charge in [0.2, 0.25) is 10.1 Å². The number of benzene rings is 2. The number of aromatic nitrogens is 3. The van der Waals surface area contributed by atoms with Crippen molar-refractivity contribution in [3.05, 3.63) is 60.3 Å². The lowest BCUT2D eigenvalue weighted by Crippen LogP contribution is -2.08. The maximum atomic E-state index is 4.75. The molecule has 0 atom stereocenters. The van der Waals surface area contributed by atoms with Crippen molar-refractivity contribution in [3.63, 3.8) is 0 Å². The number of nitrogens with one attached hydrogen (secondary N) is 1. The van der Waals surface area contributed by atoms with E-state index >= 15 is 0 Å². The first-order valence-corrected chi connectivity index (χ1v) is 9.95. The van der Waals surface area contributed by atoms with Crippen LogP contribution in [0, 0.1) is 0 Å². The first-order valence-electron chi connectivity index (χ1n) is 9.14. The topological polar surface area (TPSA) is 48.7 Å². The molecule has 0 aliphatic heterocycles. The van der Waals surface area contributed by atoms with Crippen molar-refractivity contribution in [2.24, 2.45) is 0 Å². The van der Waals surface area contributed by atoms with Crippen LogP contribution in [-0.4, -0.2) is 42.8 Å². The number of nitrogens with zero attached hydrogens (tertiary/aromatic N) is 5. The molecule has 6 nitrogen and oxygen atoms in total. The monoisotopic (exact) mass is 392 g/mol. The third-order valence-corrected chi connectivity index (χ3v) is 5.48. The summed E-state index contributed by atoms with van der Waals surface area (Å²) in [5.74, 6) is 0. The second kappa shape index (κ2) is 7.52. The van der Waals surface area contributed by atoms with E-state index < -0.39 is 0 Å². The predicted octanol–water partition coefficient (Wildman–Crippen LogP) is 4.20. The first-order chi connectivity index (χ1) is 13.5. The lowest BCUT2D eigenvalue weighted by atomic mass is 10.1. The maximum absolute atomic E-state index is 4.75. The van der Waals surface area contributed by atoms with Gasteiger partial charge in [-0.05, 0) is 29.8 Å². The molecule has 0 bridgehead atoms. The van der Waals surface area contributed by atoms with Crippen molar-refractivity contribution < 1.29 is 0 Å². The number of rotatable bonds is 6. The third kappa shape index (κ3) is 3.80. The lowest BCUT2D eigenvalue weighted by molar-refractivity contribution is 0.962. The van der Waals surface area contributed by atoms with Crippen LogP contribution in [0.2, 0.25) is 0 Å². The Morgan fingerprint density at radius 3 is 2.39 bits per heavy atom. The van der Waals surface area contributed by atoms with Crippen LogP contribution in [0.5, 0.6) is 0 Å². The van der Waals surface area contributed by atoms with E-state index in [1.54, 1.807) is 11.3 Å². The Balaban J connectivity index is 1.47. The molecule has 2 aromatic carbocycles. The molecule has 144 valence electrons. The molecule has 0 aliphatic rings. The van der Waals surface area contributed by atoms with Crippen molar-refractivity contribution in [2.75, 3.05) is 43.3 Å². The minimum atomic E-state index is 0.738. The number of hydrogen-bond donors (Lipinski definition) is 1. The number of hydrogen-bond acceptors (Lipinski definition) is 6. The quantitative estimate of drug-likeness (QED) is 0.533. The molecule has 0 aliphatic carbocycles. The zero-order valence-electron chi connectivity index (χ0n) is 16.5. The fraction of sp³-hybridized carbons (Fsp3) is 0.238. The summed E-state index contributed by atoms with van der Waals surface area (Å²) in [6.45, 7) is 0.738. The van der Waals surface area contributed by atoms with E-state index in [4.69, 9.17) is 4.98 Å². The summed E-state index contributed by atoms with van der Waals surface area (Å²) >= 11 is 1.56. The summed E-state index contributed by atoms with van der Waals surface area (Å²) in [6.07, 6.45) is 1.98. The van der Waals surface area contributed by atoms with E-state index in [9.17, 15) is 0 Å². The zero-order chi connectivity index (χ0) is 19.7. The molecular formula is C21H24N6S. The molecule has 2 heterocycles. The van der Waals surface area contributed by atoms with Crippen LogP contribution in [0.1, 0.15) is 5.56 Å². The van der Waals surface area contributed by atoms with Gasteiger partial charge in [-0.1, -0.05) is 35.6 Å². The zero-order valence-corrected chi connectivity index (χ0v) is 17.4. The van der Waals surface area contributed by atoms with Crippen molar-refractivity contribution in [2.45, 2.75) is 6.54 Å². The van der Waals surface area contributed by atoms with Crippen molar-refractivity contribution in [1.82, 2.24) is 14.6 Å². The minimum absolute atomic E-state index is 0.738. The summed E-state index contributed by atoms with van der Waals surface area (Å²) < 4.78 is 1.85. The third-order valence-electron chi connectivity index (χ3n) is 4.60. The van der Waals surface area contributed by atoms with Crippen LogP contribution >= 0.6 is 11.3 Å². The Bertz CT molecular complexity index is 1050. The Morgan fingerprint density at radius 1 is 0.964 bits per heavy atom. The highest BCUT2D eigenvalue weighted by molar-refractivity contribution is 7.20. The van der Waals surface area contributed by atoms with Gasteiger partial charge in [0.15, 0.2) is 0 Å². The molecule has 0 fully saturated rings. The van der Waals surface area contributed by atoms with Gasteiger partial charge in [0.05, 0.1) is 11.9 Å². The highest BCUT2D eigenvalue weighted by atomic mass is 32.1. The molecule has 0 saturated carbocycles. The van der Waals surface area contributed by atoms with Crippen molar-refractivity contribution in [1.29, 1.82) is 0 Å². The number of imidazole rings is 1. The molecule has 0 spiro atoms. The van der Waals surface area contributed by atoms with Gasteiger partial charge >= 0.3 is 0 Å². The first kappa shape index (κ1) is 18.3. The molecule has 1 N–H and O–H groups in total. The molecule has 0 amide bonds. The maximum Gasteiger partial charge on any atom is 0.214 e. The van der Waals surface area contributed by atoms with Gasteiger partial charge in [0, 0.05) is 51.7 Å². The molecule has 28 heavy (non-hydrogen) atoms. The Kier molecular flexibility index (Phi) is 4.92. The lowest BCUT2D eigenvalue weighted by Gasteiger charge is -2.12.